The summed E-state index contributed by atoms with van der Waals surface area (Å²) in [5, 5.41) is 3.62. The van der Waals surface area contributed by atoms with Crippen LogP contribution in [0.25, 0.3) is 0 Å². The van der Waals surface area contributed by atoms with Crippen molar-refractivity contribution in [2.75, 3.05) is 6.61 Å². The highest BCUT2D eigenvalue weighted by Crippen LogP contribution is 2.16. The van der Waals surface area contributed by atoms with E-state index in [1.54, 1.807) is 18.2 Å². The van der Waals surface area contributed by atoms with Crippen LogP contribution in [0.4, 0.5) is 0 Å². The van der Waals surface area contributed by atoms with Gasteiger partial charge in [-0.2, -0.15) is 0 Å². The van der Waals surface area contributed by atoms with E-state index in [0.29, 0.717) is 11.3 Å². The minimum atomic E-state index is -0.622. The molecule has 6 heteroatoms. The van der Waals surface area contributed by atoms with Gasteiger partial charge in [0.15, 0.2) is 12.4 Å². The van der Waals surface area contributed by atoms with E-state index in [-0.39, 0.29) is 12.4 Å². The zero-order chi connectivity index (χ0) is 16.8. The molecule has 23 heavy (non-hydrogen) atoms. The lowest BCUT2D eigenvalue weighted by Crippen LogP contribution is -2.18. The molecule has 0 bridgehead atoms. The van der Waals surface area contributed by atoms with Crippen molar-refractivity contribution < 1.29 is 14.4 Å². The standard InChI is InChI=1S/C17H17BrN2O3/c1-11-3-8-15(9-12(11)2)22-10-16(21)23-20-17(19)13-4-6-14(18)7-5-13/h3-9H,10H2,1-2H3,(H2,19,20). The van der Waals surface area contributed by atoms with Crippen molar-refractivity contribution >= 4 is 27.7 Å². The third-order valence-electron chi connectivity index (χ3n) is 3.22. The molecule has 0 saturated heterocycles. The van der Waals surface area contributed by atoms with Gasteiger partial charge in [-0.05, 0) is 49.2 Å². The van der Waals surface area contributed by atoms with Gasteiger partial charge in [0.1, 0.15) is 5.75 Å². The van der Waals surface area contributed by atoms with E-state index in [1.165, 1.54) is 0 Å². The smallest absolute Gasteiger partial charge is 0.372 e. The van der Waals surface area contributed by atoms with Crippen LogP contribution in [0.3, 0.4) is 0 Å². The van der Waals surface area contributed by atoms with Crippen molar-refractivity contribution in [2.24, 2.45) is 10.9 Å². The molecule has 0 radical (unpaired) electrons. The van der Waals surface area contributed by atoms with Crippen molar-refractivity contribution in [2.45, 2.75) is 13.8 Å². The quantitative estimate of drug-likeness (QED) is 0.376. The van der Waals surface area contributed by atoms with Crippen molar-refractivity contribution in [1.29, 1.82) is 0 Å². The summed E-state index contributed by atoms with van der Waals surface area (Å²) in [4.78, 5) is 16.4. The SMILES string of the molecule is Cc1ccc(OCC(=O)O/N=C(/N)c2ccc(Br)cc2)cc1C. The third kappa shape index (κ3) is 5.10. The fourth-order valence-corrected chi connectivity index (χ4v) is 2.01. The van der Waals surface area contributed by atoms with Gasteiger partial charge in [-0.3, -0.25) is 0 Å². The van der Waals surface area contributed by atoms with Gasteiger partial charge in [0.05, 0.1) is 0 Å². The molecule has 0 saturated carbocycles. The maximum Gasteiger partial charge on any atom is 0.372 e. The predicted molar refractivity (Wildman–Crippen MR) is 92.4 cm³/mol. The van der Waals surface area contributed by atoms with Crippen LogP contribution < -0.4 is 10.5 Å². The first kappa shape index (κ1) is 17.0. The normalized spacial score (nSPS) is 11.2. The first-order chi connectivity index (χ1) is 11.0. The zero-order valence-corrected chi connectivity index (χ0v) is 14.5. The fraction of sp³-hybridized carbons (Fsp3) is 0.176. The van der Waals surface area contributed by atoms with Crippen molar-refractivity contribution in [3.05, 3.63) is 63.6 Å². The zero-order valence-electron chi connectivity index (χ0n) is 12.9. The van der Waals surface area contributed by atoms with Crippen LogP contribution in [0, 0.1) is 13.8 Å². The van der Waals surface area contributed by atoms with Crippen molar-refractivity contribution in [1.82, 2.24) is 0 Å². The van der Waals surface area contributed by atoms with E-state index >= 15 is 0 Å². The molecule has 2 aromatic carbocycles. The molecule has 0 atom stereocenters. The van der Waals surface area contributed by atoms with E-state index in [2.05, 4.69) is 21.1 Å². The maximum absolute atomic E-state index is 11.6. The van der Waals surface area contributed by atoms with Gasteiger partial charge in [-0.15, -0.1) is 0 Å². The first-order valence-corrected chi connectivity index (χ1v) is 7.74. The van der Waals surface area contributed by atoms with Crippen LogP contribution >= 0.6 is 15.9 Å². The molecular formula is C17H17BrN2O3. The Balaban J connectivity index is 1.88. The molecule has 120 valence electrons. The lowest BCUT2D eigenvalue weighted by Gasteiger charge is -2.07. The Labute approximate surface area is 143 Å². The number of rotatable bonds is 5. The summed E-state index contributed by atoms with van der Waals surface area (Å²) in [7, 11) is 0. The van der Waals surface area contributed by atoms with E-state index in [0.717, 1.165) is 15.6 Å². The molecule has 0 aliphatic carbocycles. The lowest BCUT2D eigenvalue weighted by atomic mass is 10.1. The second-order valence-corrected chi connectivity index (χ2v) is 5.90. The van der Waals surface area contributed by atoms with E-state index in [1.807, 2.05) is 38.1 Å². The molecule has 5 nitrogen and oxygen atoms in total. The average Bonchev–Trinajstić information content (AvgIpc) is 2.54. The highest BCUT2D eigenvalue weighted by Gasteiger charge is 2.06. The predicted octanol–water partition coefficient (Wildman–Crippen LogP) is 3.31. The average molecular weight is 377 g/mol. The summed E-state index contributed by atoms with van der Waals surface area (Å²) in [6.45, 7) is 3.75. The Morgan fingerprint density at radius 2 is 1.83 bits per heavy atom. The summed E-state index contributed by atoms with van der Waals surface area (Å²) in [5.74, 6) is 0.107. The molecule has 0 heterocycles. The summed E-state index contributed by atoms with van der Waals surface area (Å²) < 4.78 is 6.29. The summed E-state index contributed by atoms with van der Waals surface area (Å²) in [6.07, 6.45) is 0. The van der Waals surface area contributed by atoms with Gasteiger partial charge in [-0.1, -0.05) is 39.3 Å². The topological polar surface area (TPSA) is 73.9 Å². The highest BCUT2D eigenvalue weighted by atomic mass is 79.9. The van der Waals surface area contributed by atoms with E-state index in [9.17, 15) is 4.79 Å². The molecule has 2 aromatic rings. The van der Waals surface area contributed by atoms with Crippen LogP contribution in [-0.2, 0) is 9.63 Å². The Morgan fingerprint density at radius 3 is 2.48 bits per heavy atom. The number of halogens is 1. The third-order valence-corrected chi connectivity index (χ3v) is 3.75. The van der Waals surface area contributed by atoms with Gasteiger partial charge in [-0.25, -0.2) is 4.79 Å². The fourth-order valence-electron chi connectivity index (χ4n) is 1.75. The molecule has 2 rings (SSSR count). The molecule has 0 aromatic heterocycles. The Morgan fingerprint density at radius 1 is 1.13 bits per heavy atom. The van der Waals surface area contributed by atoms with Gasteiger partial charge in [0.25, 0.3) is 0 Å². The summed E-state index contributed by atoms with van der Waals surface area (Å²) >= 11 is 3.33. The molecular weight excluding hydrogens is 360 g/mol. The Kier molecular flexibility index (Phi) is 5.76. The van der Waals surface area contributed by atoms with Gasteiger partial charge in [0, 0.05) is 10.0 Å². The second kappa shape index (κ2) is 7.78. The number of ether oxygens (including phenoxy) is 1. The Bertz CT molecular complexity index is 727. The van der Waals surface area contributed by atoms with Crippen LogP contribution in [0.1, 0.15) is 16.7 Å². The molecule has 2 N–H and O–H groups in total. The lowest BCUT2D eigenvalue weighted by molar-refractivity contribution is -0.146. The summed E-state index contributed by atoms with van der Waals surface area (Å²) in [6, 6.07) is 12.8. The number of aryl methyl sites for hydroxylation is 2. The second-order valence-electron chi connectivity index (χ2n) is 4.98. The van der Waals surface area contributed by atoms with Gasteiger partial charge < -0.3 is 15.3 Å². The van der Waals surface area contributed by atoms with Crippen LogP contribution in [0.15, 0.2) is 52.1 Å². The molecule has 0 fully saturated rings. The number of nitrogens with zero attached hydrogens (tertiary/aromatic N) is 1. The van der Waals surface area contributed by atoms with Crippen LogP contribution in [0.2, 0.25) is 0 Å². The molecule has 0 unspecified atom stereocenters. The van der Waals surface area contributed by atoms with E-state index < -0.39 is 5.97 Å². The number of hydrogen-bond acceptors (Lipinski definition) is 4. The minimum Gasteiger partial charge on any atom is -0.482 e. The monoisotopic (exact) mass is 376 g/mol. The van der Waals surface area contributed by atoms with Crippen molar-refractivity contribution in [3.8, 4) is 5.75 Å². The van der Waals surface area contributed by atoms with Crippen LogP contribution in [-0.4, -0.2) is 18.4 Å². The van der Waals surface area contributed by atoms with E-state index in [4.69, 9.17) is 15.3 Å². The number of nitrogens with two attached hydrogens (primary N) is 1. The molecule has 0 aliphatic heterocycles. The van der Waals surface area contributed by atoms with Crippen LogP contribution in [0.5, 0.6) is 5.75 Å². The molecule has 0 amide bonds. The number of benzene rings is 2. The van der Waals surface area contributed by atoms with Gasteiger partial charge in [0.2, 0.25) is 0 Å². The number of carbonyl (C=O) groups excluding carboxylic acids is 1. The first-order valence-electron chi connectivity index (χ1n) is 6.95. The molecule has 0 spiro atoms. The number of hydrogen-bond donors (Lipinski definition) is 1. The largest absolute Gasteiger partial charge is 0.482 e. The van der Waals surface area contributed by atoms with Gasteiger partial charge >= 0.3 is 5.97 Å². The number of amidine groups is 1. The Hall–Kier alpha value is -2.34. The maximum atomic E-state index is 11.6. The minimum absolute atomic E-state index is 0.122. The highest BCUT2D eigenvalue weighted by molar-refractivity contribution is 9.10. The number of carbonyl (C=O) groups is 1. The molecule has 0 aliphatic rings. The van der Waals surface area contributed by atoms with Crippen molar-refractivity contribution in [3.63, 3.8) is 0 Å². The summed E-state index contributed by atoms with van der Waals surface area (Å²) in [5.41, 5.74) is 8.67. The number of oxime groups is 1.